The molecule has 0 aliphatic heterocycles. The molecule has 1 N–H and O–H groups in total. The number of aromatic hydroxyl groups is 1. The van der Waals surface area contributed by atoms with Crippen LogP contribution in [0.2, 0.25) is 0 Å². The molecule has 3 heteroatoms. The number of carbonyl (C=O) groups excluding carboxylic acids is 2. The van der Waals surface area contributed by atoms with Crippen molar-refractivity contribution in [3.05, 3.63) is 29.8 Å². The van der Waals surface area contributed by atoms with Gasteiger partial charge in [-0.15, -0.1) is 0 Å². The van der Waals surface area contributed by atoms with Crippen LogP contribution in [0.5, 0.6) is 5.75 Å². The molecule has 1 saturated carbocycles. The molecule has 1 atom stereocenters. The van der Waals surface area contributed by atoms with Gasteiger partial charge < -0.3 is 5.11 Å². The highest BCUT2D eigenvalue weighted by atomic mass is 16.3. The van der Waals surface area contributed by atoms with E-state index in [0.717, 1.165) is 19.3 Å². The zero-order valence-electron chi connectivity index (χ0n) is 9.69. The summed E-state index contributed by atoms with van der Waals surface area (Å²) in [6.07, 6.45) is 3.77. The zero-order valence-corrected chi connectivity index (χ0v) is 9.69. The van der Waals surface area contributed by atoms with Crippen LogP contribution in [0.1, 0.15) is 42.5 Å². The summed E-state index contributed by atoms with van der Waals surface area (Å²) in [7, 11) is 0. The van der Waals surface area contributed by atoms with Crippen LogP contribution in [0.3, 0.4) is 0 Å². The van der Waals surface area contributed by atoms with Gasteiger partial charge >= 0.3 is 0 Å². The van der Waals surface area contributed by atoms with Gasteiger partial charge in [-0.1, -0.05) is 6.42 Å². The third-order valence-corrected chi connectivity index (χ3v) is 3.30. The smallest absolute Gasteiger partial charge is 0.163 e. The zero-order chi connectivity index (χ0) is 12.3. The summed E-state index contributed by atoms with van der Waals surface area (Å²) in [4.78, 5) is 23.6. The predicted molar refractivity (Wildman–Crippen MR) is 64.0 cm³/mol. The van der Waals surface area contributed by atoms with Crippen LogP contribution in [0.4, 0.5) is 0 Å². The van der Waals surface area contributed by atoms with Crippen molar-refractivity contribution in [3.8, 4) is 5.75 Å². The Hall–Kier alpha value is -1.64. The third-order valence-electron chi connectivity index (χ3n) is 3.30. The molecular formula is C14H16O3. The highest BCUT2D eigenvalue weighted by Gasteiger charge is 2.24. The first-order valence-corrected chi connectivity index (χ1v) is 6.02. The summed E-state index contributed by atoms with van der Waals surface area (Å²) >= 11 is 0. The fraction of sp³-hybridized carbons (Fsp3) is 0.429. The molecule has 0 radical (unpaired) electrons. The average Bonchev–Trinajstić information content (AvgIpc) is 2.33. The summed E-state index contributed by atoms with van der Waals surface area (Å²) in [5, 5.41) is 9.14. The maximum atomic E-state index is 11.9. The highest BCUT2D eigenvalue weighted by Crippen LogP contribution is 2.25. The maximum Gasteiger partial charge on any atom is 0.163 e. The van der Waals surface area contributed by atoms with Crippen LogP contribution in [0, 0.1) is 5.92 Å². The van der Waals surface area contributed by atoms with E-state index in [4.69, 9.17) is 5.11 Å². The molecule has 2 rings (SSSR count). The van der Waals surface area contributed by atoms with Crippen molar-refractivity contribution >= 4 is 11.6 Å². The molecule has 1 fully saturated rings. The second-order valence-corrected chi connectivity index (χ2v) is 4.58. The van der Waals surface area contributed by atoms with Gasteiger partial charge in [0, 0.05) is 24.3 Å². The third kappa shape index (κ3) is 2.93. The number of ketones is 2. The molecule has 1 aliphatic rings. The minimum atomic E-state index is -0.0925. The number of hydrogen-bond acceptors (Lipinski definition) is 3. The van der Waals surface area contributed by atoms with Crippen LogP contribution in [-0.4, -0.2) is 16.7 Å². The molecule has 0 amide bonds. The van der Waals surface area contributed by atoms with Crippen molar-refractivity contribution in [2.24, 2.45) is 5.92 Å². The largest absolute Gasteiger partial charge is 0.508 e. The number of phenolic OH excluding ortho intramolecular Hbond substituents is 1. The van der Waals surface area contributed by atoms with Crippen LogP contribution >= 0.6 is 0 Å². The molecule has 1 aromatic rings. The van der Waals surface area contributed by atoms with Gasteiger partial charge in [-0.2, -0.15) is 0 Å². The molecular weight excluding hydrogens is 216 g/mol. The molecule has 0 aromatic heterocycles. The fourth-order valence-electron chi connectivity index (χ4n) is 2.26. The van der Waals surface area contributed by atoms with Crippen molar-refractivity contribution < 1.29 is 14.7 Å². The van der Waals surface area contributed by atoms with Crippen molar-refractivity contribution in [3.63, 3.8) is 0 Å². The van der Waals surface area contributed by atoms with Crippen molar-refractivity contribution in [2.75, 3.05) is 0 Å². The Bertz CT molecular complexity index is 420. The Morgan fingerprint density at radius 1 is 1.24 bits per heavy atom. The molecule has 0 heterocycles. The lowest BCUT2D eigenvalue weighted by Gasteiger charge is -2.19. The van der Waals surface area contributed by atoms with E-state index < -0.39 is 0 Å². The lowest BCUT2D eigenvalue weighted by atomic mass is 9.83. The summed E-state index contributed by atoms with van der Waals surface area (Å²) in [5.41, 5.74) is 0.571. The van der Waals surface area contributed by atoms with Crippen LogP contribution in [0.15, 0.2) is 24.3 Å². The van der Waals surface area contributed by atoms with Gasteiger partial charge in [0.05, 0.1) is 0 Å². The van der Waals surface area contributed by atoms with Gasteiger partial charge in [0.1, 0.15) is 11.5 Å². The van der Waals surface area contributed by atoms with E-state index in [1.807, 2.05) is 0 Å². The monoisotopic (exact) mass is 232 g/mol. The first-order valence-electron chi connectivity index (χ1n) is 6.02. The summed E-state index contributed by atoms with van der Waals surface area (Å²) < 4.78 is 0. The van der Waals surface area contributed by atoms with Crippen molar-refractivity contribution in [1.82, 2.24) is 0 Å². The first kappa shape index (κ1) is 11.8. The number of Topliss-reactive ketones (excluding diaryl/α,β-unsaturated/α-hetero) is 2. The van der Waals surface area contributed by atoms with E-state index in [1.165, 1.54) is 12.1 Å². The van der Waals surface area contributed by atoms with E-state index in [2.05, 4.69) is 0 Å². The number of phenols is 1. The molecule has 0 spiro atoms. The second-order valence-electron chi connectivity index (χ2n) is 4.58. The fourth-order valence-corrected chi connectivity index (χ4v) is 2.26. The SMILES string of the molecule is O=C(C[C@@H]1CCCCC1=O)c1ccc(O)cc1. The molecule has 0 unspecified atom stereocenters. The quantitative estimate of drug-likeness (QED) is 0.815. The van der Waals surface area contributed by atoms with Crippen molar-refractivity contribution in [1.29, 1.82) is 0 Å². The molecule has 1 aliphatic carbocycles. The molecule has 1 aromatic carbocycles. The highest BCUT2D eigenvalue weighted by molar-refractivity contribution is 5.99. The van der Waals surface area contributed by atoms with Gasteiger partial charge in [0.2, 0.25) is 0 Å². The summed E-state index contributed by atoms with van der Waals surface area (Å²) in [5.74, 6) is 0.272. The Labute approximate surface area is 100 Å². The minimum Gasteiger partial charge on any atom is -0.508 e. The Morgan fingerprint density at radius 3 is 2.59 bits per heavy atom. The molecule has 90 valence electrons. The Kier molecular flexibility index (Phi) is 3.57. The number of carbonyl (C=O) groups is 2. The standard InChI is InChI=1S/C14H16O3/c15-12-7-5-10(6-8-12)14(17)9-11-3-1-2-4-13(11)16/h5-8,11,15H,1-4,9H2/t11-/m0/s1. The van der Waals surface area contributed by atoms with Crippen LogP contribution in [-0.2, 0) is 4.79 Å². The minimum absolute atomic E-state index is 0.00903. The normalized spacial score (nSPS) is 20.2. The maximum absolute atomic E-state index is 11.9. The lowest BCUT2D eigenvalue weighted by molar-refractivity contribution is -0.124. The Balaban J connectivity index is 2.01. The first-order chi connectivity index (χ1) is 8.16. The average molecular weight is 232 g/mol. The van der Waals surface area contributed by atoms with Gasteiger partial charge in [-0.3, -0.25) is 9.59 Å². The number of benzene rings is 1. The number of hydrogen-bond donors (Lipinski definition) is 1. The second kappa shape index (κ2) is 5.13. The summed E-state index contributed by atoms with van der Waals surface area (Å²) in [6.45, 7) is 0. The van der Waals surface area contributed by atoms with Crippen LogP contribution < -0.4 is 0 Å². The molecule has 0 bridgehead atoms. The lowest BCUT2D eigenvalue weighted by Crippen LogP contribution is -2.22. The van der Waals surface area contributed by atoms with Gasteiger partial charge in [-0.05, 0) is 37.1 Å². The van der Waals surface area contributed by atoms with Gasteiger partial charge in [0.25, 0.3) is 0 Å². The molecule has 0 saturated heterocycles. The molecule has 17 heavy (non-hydrogen) atoms. The van der Waals surface area contributed by atoms with E-state index in [9.17, 15) is 9.59 Å². The van der Waals surface area contributed by atoms with E-state index in [-0.39, 0.29) is 23.2 Å². The summed E-state index contributed by atoms with van der Waals surface area (Å²) in [6, 6.07) is 6.20. The van der Waals surface area contributed by atoms with E-state index in [0.29, 0.717) is 18.4 Å². The predicted octanol–water partition coefficient (Wildman–Crippen LogP) is 2.72. The molecule has 3 nitrogen and oxygen atoms in total. The number of rotatable bonds is 3. The van der Waals surface area contributed by atoms with Gasteiger partial charge in [0.15, 0.2) is 5.78 Å². The van der Waals surface area contributed by atoms with E-state index >= 15 is 0 Å². The van der Waals surface area contributed by atoms with Crippen LogP contribution in [0.25, 0.3) is 0 Å². The topological polar surface area (TPSA) is 54.4 Å². The van der Waals surface area contributed by atoms with Gasteiger partial charge in [-0.25, -0.2) is 0 Å². The van der Waals surface area contributed by atoms with E-state index in [1.54, 1.807) is 12.1 Å². The van der Waals surface area contributed by atoms with Crippen molar-refractivity contribution in [2.45, 2.75) is 32.1 Å². The Morgan fingerprint density at radius 2 is 1.94 bits per heavy atom.